The number of phenols is 2. The number of hydrazine groups is 1. The third-order valence-corrected chi connectivity index (χ3v) is 8.32. The van der Waals surface area contributed by atoms with Gasteiger partial charge in [-0.05, 0) is 79.2 Å². The molecule has 5 rings (SSSR count). The highest BCUT2D eigenvalue weighted by Crippen LogP contribution is 2.43. The summed E-state index contributed by atoms with van der Waals surface area (Å²) in [6, 6.07) is 22.9. The number of para-hydroxylation sites is 2. The average molecular weight is 519 g/mol. The van der Waals surface area contributed by atoms with E-state index in [4.69, 9.17) is 4.74 Å². The van der Waals surface area contributed by atoms with Crippen molar-refractivity contribution in [3.05, 3.63) is 78.9 Å². The van der Waals surface area contributed by atoms with Gasteiger partial charge in [0.15, 0.2) is 5.75 Å². The van der Waals surface area contributed by atoms with Gasteiger partial charge in [0.25, 0.3) is 0 Å². The second-order valence-corrected chi connectivity index (χ2v) is 11.2. The van der Waals surface area contributed by atoms with Gasteiger partial charge in [-0.3, -0.25) is 0 Å². The first-order chi connectivity index (χ1) is 17.9. The van der Waals surface area contributed by atoms with E-state index in [1.165, 1.54) is 4.41 Å². The largest absolute Gasteiger partial charge is 0.508 e. The van der Waals surface area contributed by atoms with Crippen LogP contribution in [0.25, 0.3) is 21.9 Å². The molecule has 0 saturated carbocycles. The van der Waals surface area contributed by atoms with Crippen LogP contribution in [-0.2, 0) is 10.0 Å². The lowest BCUT2D eigenvalue weighted by atomic mass is 9.99. The number of piperidine rings is 1. The van der Waals surface area contributed by atoms with Gasteiger partial charge in [-0.15, -0.1) is 0 Å². The molecule has 37 heavy (non-hydrogen) atoms. The van der Waals surface area contributed by atoms with Crippen LogP contribution in [0.15, 0.2) is 78.9 Å². The number of nitrogens with zero attached hydrogens (tertiary/aromatic N) is 2. The summed E-state index contributed by atoms with van der Waals surface area (Å²) in [4.78, 5) is 0. The molecular weight excluding hydrogens is 488 g/mol. The monoisotopic (exact) mass is 518 g/mol. The summed E-state index contributed by atoms with van der Waals surface area (Å²) in [6.45, 7) is 2.95. The van der Waals surface area contributed by atoms with Crippen molar-refractivity contribution < 1.29 is 23.4 Å². The quantitative estimate of drug-likeness (QED) is 0.300. The molecule has 8 heteroatoms. The van der Waals surface area contributed by atoms with Crippen molar-refractivity contribution in [1.82, 2.24) is 5.01 Å². The molecule has 0 radical (unpaired) electrons. The van der Waals surface area contributed by atoms with Crippen LogP contribution in [0.5, 0.6) is 23.0 Å². The maximum Gasteiger partial charge on any atom is 0.248 e. The zero-order chi connectivity index (χ0) is 26.0. The summed E-state index contributed by atoms with van der Waals surface area (Å²) in [6.07, 6.45) is 2.93. The highest BCUT2D eigenvalue weighted by atomic mass is 32.2. The first-order valence-corrected chi connectivity index (χ1v) is 14.1. The van der Waals surface area contributed by atoms with Crippen LogP contribution in [0.3, 0.4) is 0 Å². The lowest BCUT2D eigenvalue weighted by Crippen LogP contribution is -2.49. The summed E-state index contributed by atoms with van der Waals surface area (Å²) in [7, 11) is -3.62. The zero-order valence-corrected chi connectivity index (χ0v) is 21.5. The fraction of sp³-hybridized carbons (Fsp3) is 0.241. The molecule has 7 nitrogen and oxygen atoms in total. The van der Waals surface area contributed by atoms with Gasteiger partial charge < -0.3 is 14.9 Å². The minimum atomic E-state index is -3.62. The fourth-order valence-corrected chi connectivity index (χ4v) is 5.95. The third-order valence-electron chi connectivity index (χ3n) is 6.63. The normalized spacial score (nSPS) is 14.5. The van der Waals surface area contributed by atoms with Crippen molar-refractivity contribution in [2.75, 3.05) is 23.3 Å². The number of hydrogen-bond acceptors (Lipinski definition) is 6. The van der Waals surface area contributed by atoms with E-state index in [0.29, 0.717) is 30.3 Å². The highest BCUT2D eigenvalue weighted by molar-refractivity contribution is 7.92. The summed E-state index contributed by atoms with van der Waals surface area (Å²) in [5.74, 6) is 1.20. The molecule has 0 atom stereocenters. The molecule has 1 saturated heterocycles. The molecule has 0 unspecified atom stereocenters. The van der Waals surface area contributed by atoms with Crippen LogP contribution in [0.2, 0.25) is 0 Å². The molecule has 0 aromatic heterocycles. The second kappa shape index (κ2) is 10.3. The van der Waals surface area contributed by atoms with E-state index in [2.05, 4.69) is 0 Å². The number of hydrogen-bond donors (Lipinski definition) is 2. The van der Waals surface area contributed by atoms with E-state index in [-0.39, 0.29) is 17.3 Å². The minimum Gasteiger partial charge on any atom is -0.508 e. The zero-order valence-electron chi connectivity index (χ0n) is 20.7. The maximum absolute atomic E-state index is 13.4. The Morgan fingerprint density at radius 1 is 0.865 bits per heavy atom. The topological polar surface area (TPSA) is 90.3 Å². The lowest BCUT2D eigenvalue weighted by molar-refractivity contribution is 0.239. The lowest BCUT2D eigenvalue weighted by Gasteiger charge is -2.38. The number of rotatable bonds is 7. The molecular formula is C29H30N2O5S. The minimum absolute atomic E-state index is 0.0376. The molecule has 4 aromatic rings. The fourth-order valence-electron chi connectivity index (χ4n) is 4.74. The van der Waals surface area contributed by atoms with Crippen LogP contribution < -0.4 is 9.15 Å². The van der Waals surface area contributed by atoms with E-state index in [1.807, 2.05) is 29.3 Å². The van der Waals surface area contributed by atoms with Gasteiger partial charge in [0, 0.05) is 24.0 Å². The second-order valence-electron chi connectivity index (χ2n) is 9.12. The summed E-state index contributed by atoms with van der Waals surface area (Å²) in [5, 5.41) is 23.3. The first kappa shape index (κ1) is 24.9. The number of ether oxygens (including phenoxy) is 1. The van der Waals surface area contributed by atoms with Crippen molar-refractivity contribution in [3.63, 3.8) is 0 Å². The van der Waals surface area contributed by atoms with E-state index >= 15 is 0 Å². The highest BCUT2D eigenvalue weighted by Gasteiger charge is 2.31. The van der Waals surface area contributed by atoms with Gasteiger partial charge in [-0.1, -0.05) is 36.8 Å². The standard InChI is InChI=1S/C29H30N2O5S/c1-2-37(34,35)31(30-18-6-3-7-19-30)27-8-4-5-9-28(27)36-29-25(21-10-13-23(32)14-11-21)16-12-22-20-24(33)15-17-26(22)29/h4-5,8-17,20,32-33H,2-3,6-7,18-19H2,1H3. The van der Waals surface area contributed by atoms with Gasteiger partial charge in [-0.25, -0.2) is 13.4 Å². The summed E-state index contributed by atoms with van der Waals surface area (Å²) in [5.41, 5.74) is 2.06. The number of sulfonamides is 1. The molecule has 1 fully saturated rings. The van der Waals surface area contributed by atoms with Crippen molar-refractivity contribution in [2.24, 2.45) is 0 Å². The van der Waals surface area contributed by atoms with Crippen molar-refractivity contribution in [1.29, 1.82) is 0 Å². The first-order valence-electron chi connectivity index (χ1n) is 12.5. The number of aromatic hydroxyl groups is 2. The van der Waals surface area contributed by atoms with Gasteiger partial charge in [0.2, 0.25) is 10.0 Å². The Morgan fingerprint density at radius 3 is 2.30 bits per heavy atom. The van der Waals surface area contributed by atoms with Crippen molar-refractivity contribution >= 4 is 26.5 Å². The number of fused-ring (bicyclic) bond motifs is 1. The Morgan fingerprint density at radius 2 is 1.57 bits per heavy atom. The van der Waals surface area contributed by atoms with E-state index in [9.17, 15) is 18.6 Å². The number of phenolic OH excluding ortho intramolecular Hbond substituents is 2. The predicted molar refractivity (Wildman–Crippen MR) is 147 cm³/mol. The van der Waals surface area contributed by atoms with E-state index in [0.717, 1.165) is 41.2 Å². The van der Waals surface area contributed by atoms with Crippen molar-refractivity contribution in [2.45, 2.75) is 26.2 Å². The molecule has 0 bridgehead atoms. The Hall–Kier alpha value is -3.75. The SMILES string of the molecule is CCS(=O)(=O)N(c1ccccc1Oc1c(-c2ccc(O)cc2)ccc2cc(O)ccc12)N1CCCCC1. The molecule has 1 aliphatic heterocycles. The number of benzene rings is 4. The van der Waals surface area contributed by atoms with Gasteiger partial charge in [0.05, 0.1) is 5.75 Å². The van der Waals surface area contributed by atoms with Crippen LogP contribution in [0.4, 0.5) is 5.69 Å². The molecule has 192 valence electrons. The molecule has 1 aliphatic rings. The third kappa shape index (κ3) is 5.08. The molecule has 0 spiro atoms. The summed E-state index contributed by atoms with van der Waals surface area (Å²) >= 11 is 0. The molecule has 1 heterocycles. The molecule has 0 amide bonds. The van der Waals surface area contributed by atoms with Crippen molar-refractivity contribution in [3.8, 4) is 34.1 Å². The Bertz CT molecular complexity index is 1510. The predicted octanol–water partition coefficient (Wildman–Crippen LogP) is 6.27. The summed E-state index contributed by atoms with van der Waals surface area (Å²) < 4.78 is 34.7. The number of anilines is 1. The van der Waals surface area contributed by atoms with Gasteiger partial charge >= 0.3 is 0 Å². The molecule has 4 aromatic carbocycles. The Labute approximate surface area is 217 Å². The molecule has 2 N–H and O–H groups in total. The molecule has 0 aliphatic carbocycles. The Balaban J connectivity index is 1.68. The van der Waals surface area contributed by atoms with E-state index < -0.39 is 10.0 Å². The van der Waals surface area contributed by atoms with Crippen LogP contribution in [-0.4, -0.2) is 42.5 Å². The van der Waals surface area contributed by atoms with Crippen LogP contribution in [0, 0.1) is 0 Å². The van der Waals surface area contributed by atoms with Crippen LogP contribution in [0.1, 0.15) is 26.2 Å². The average Bonchev–Trinajstić information content (AvgIpc) is 2.91. The Kier molecular flexibility index (Phi) is 6.95. The van der Waals surface area contributed by atoms with Crippen LogP contribution >= 0.6 is 0 Å². The smallest absolute Gasteiger partial charge is 0.248 e. The van der Waals surface area contributed by atoms with Gasteiger partial charge in [-0.2, -0.15) is 4.41 Å². The maximum atomic E-state index is 13.4. The van der Waals surface area contributed by atoms with Gasteiger partial charge in [0.1, 0.15) is 22.9 Å². The van der Waals surface area contributed by atoms with E-state index in [1.54, 1.807) is 61.5 Å².